The standard InChI is InChI=1S/C16H26N6O2/c1-20-4-6-22(7-5-20)15(23)14-12-18-16(19-13-14)17-2-3-21-8-10-24-11-9-21/h12-13H,2-11H2,1H3,(H,17,18,19). The van der Waals surface area contributed by atoms with Gasteiger partial charge in [-0.1, -0.05) is 0 Å². The van der Waals surface area contributed by atoms with Gasteiger partial charge in [0.15, 0.2) is 0 Å². The largest absolute Gasteiger partial charge is 0.379 e. The summed E-state index contributed by atoms with van der Waals surface area (Å²) in [5.41, 5.74) is 0.554. The molecule has 24 heavy (non-hydrogen) atoms. The van der Waals surface area contributed by atoms with E-state index in [1.54, 1.807) is 12.4 Å². The van der Waals surface area contributed by atoms with Gasteiger partial charge in [-0.2, -0.15) is 0 Å². The number of nitrogens with one attached hydrogen (secondary N) is 1. The van der Waals surface area contributed by atoms with Crippen LogP contribution in [0.5, 0.6) is 0 Å². The summed E-state index contributed by atoms with van der Waals surface area (Å²) < 4.78 is 5.33. The number of hydrogen-bond acceptors (Lipinski definition) is 7. The van der Waals surface area contributed by atoms with Crippen molar-refractivity contribution in [1.29, 1.82) is 0 Å². The van der Waals surface area contributed by atoms with Gasteiger partial charge in [0.25, 0.3) is 5.91 Å². The number of ether oxygens (including phenoxy) is 1. The lowest BCUT2D eigenvalue weighted by molar-refractivity contribution is 0.0398. The topological polar surface area (TPSA) is 73.8 Å². The molecule has 0 aliphatic carbocycles. The Labute approximate surface area is 142 Å². The van der Waals surface area contributed by atoms with E-state index in [1.807, 2.05) is 4.90 Å². The summed E-state index contributed by atoms with van der Waals surface area (Å²) in [4.78, 5) is 27.4. The van der Waals surface area contributed by atoms with E-state index < -0.39 is 0 Å². The van der Waals surface area contributed by atoms with Crippen LogP contribution in [0.25, 0.3) is 0 Å². The molecule has 0 bridgehead atoms. The molecule has 1 aromatic heterocycles. The Balaban J connectivity index is 1.45. The van der Waals surface area contributed by atoms with E-state index in [0.29, 0.717) is 11.5 Å². The van der Waals surface area contributed by atoms with E-state index in [1.165, 1.54) is 0 Å². The van der Waals surface area contributed by atoms with E-state index in [-0.39, 0.29) is 5.91 Å². The number of nitrogens with zero attached hydrogens (tertiary/aromatic N) is 5. The van der Waals surface area contributed by atoms with Crippen molar-refractivity contribution in [2.24, 2.45) is 0 Å². The summed E-state index contributed by atoms with van der Waals surface area (Å²) in [6.45, 7) is 8.62. The summed E-state index contributed by atoms with van der Waals surface area (Å²) in [5.74, 6) is 0.584. The van der Waals surface area contributed by atoms with Gasteiger partial charge in [-0.05, 0) is 7.05 Å². The third kappa shape index (κ3) is 4.62. The predicted molar refractivity (Wildman–Crippen MR) is 91.2 cm³/mol. The maximum Gasteiger partial charge on any atom is 0.257 e. The first-order valence-electron chi connectivity index (χ1n) is 8.56. The Morgan fingerprint density at radius 1 is 1.12 bits per heavy atom. The fourth-order valence-electron chi connectivity index (χ4n) is 2.87. The van der Waals surface area contributed by atoms with Crippen LogP contribution in [0.4, 0.5) is 5.95 Å². The molecule has 0 radical (unpaired) electrons. The minimum Gasteiger partial charge on any atom is -0.379 e. The third-order valence-electron chi connectivity index (χ3n) is 4.50. The Morgan fingerprint density at radius 2 is 1.79 bits per heavy atom. The molecule has 3 rings (SSSR count). The summed E-state index contributed by atoms with van der Waals surface area (Å²) in [6, 6.07) is 0. The summed E-state index contributed by atoms with van der Waals surface area (Å²) in [6.07, 6.45) is 3.23. The van der Waals surface area contributed by atoms with Crippen LogP contribution >= 0.6 is 0 Å². The van der Waals surface area contributed by atoms with Crippen molar-refractivity contribution < 1.29 is 9.53 Å². The summed E-state index contributed by atoms with van der Waals surface area (Å²) >= 11 is 0. The smallest absolute Gasteiger partial charge is 0.257 e. The van der Waals surface area contributed by atoms with E-state index in [9.17, 15) is 4.79 Å². The van der Waals surface area contributed by atoms with Crippen molar-refractivity contribution in [3.63, 3.8) is 0 Å². The van der Waals surface area contributed by atoms with Gasteiger partial charge in [0.05, 0.1) is 18.8 Å². The molecule has 0 spiro atoms. The first-order chi connectivity index (χ1) is 11.7. The first kappa shape index (κ1) is 17.1. The molecular formula is C16H26N6O2. The number of amides is 1. The molecule has 8 nitrogen and oxygen atoms in total. The number of carbonyl (C=O) groups excluding carboxylic acids is 1. The van der Waals surface area contributed by atoms with Crippen LogP contribution in [-0.4, -0.2) is 103 Å². The van der Waals surface area contributed by atoms with Crippen LogP contribution in [0, 0.1) is 0 Å². The number of carbonyl (C=O) groups is 1. The van der Waals surface area contributed by atoms with Gasteiger partial charge in [0, 0.05) is 64.8 Å². The zero-order valence-electron chi connectivity index (χ0n) is 14.3. The number of piperazine rings is 1. The van der Waals surface area contributed by atoms with Gasteiger partial charge in [-0.15, -0.1) is 0 Å². The van der Waals surface area contributed by atoms with Gasteiger partial charge in [0.2, 0.25) is 5.95 Å². The minimum absolute atomic E-state index is 0.0166. The maximum absolute atomic E-state index is 12.4. The number of likely N-dealkylation sites (N-methyl/N-ethyl adjacent to an activating group) is 1. The van der Waals surface area contributed by atoms with E-state index >= 15 is 0 Å². The van der Waals surface area contributed by atoms with Crippen molar-refractivity contribution >= 4 is 11.9 Å². The molecule has 2 fully saturated rings. The van der Waals surface area contributed by atoms with Gasteiger partial charge in [0.1, 0.15) is 0 Å². The van der Waals surface area contributed by atoms with Crippen LogP contribution < -0.4 is 5.32 Å². The van der Waals surface area contributed by atoms with Crippen molar-refractivity contribution in [1.82, 2.24) is 24.7 Å². The lowest BCUT2D eigenvalue weighted by Gasteiger charge is -2.32. The quantitative estimate of drug-likeness (QED) is 0.786. The zero-order chi connectivity index (χ0) is 16.8. The number of morpholine rings is 1. The van der Waals surface area contributed by atoms with Crippen molar-refractivity contribution in [2.45, 2.75) is 0 Å². The highest BCUT2D eigenvalue weighted by atomic mass is 16.5. The molecule has 3 heterocycles. The molecule has 1 N–H and O–H groups in total. The monoisotopic (exact) mass is 334 g/mol. The predicted octanol–water partition coefficient (Wildman–Crippen LogP) is -0.392. The second-order valence-corrected chi connectivity index (χ2v) is 6.27. The molecule has 2 saturated heterocycles. The highest BCUT2D eigenvalue weighted by molar-refractivity contribution is 5.93. The molecule has 2 aliphatic rings. The molecular weight excluding hydrogens is 308 g/mol. The highest BCUT2D eigenvalue weighted by Crippen LogP contribution is 2.08. The summed E-state index contributed by atoms with van der Waals surface area (Å²) in [7, 11) is 2.07. The number of aromatic nitrogens is 2. The van der Waals surface area contributed by atoms with Crippen LogP contribution in [0.15, 0.2) is 12.4 Å². The second kappa shape index (κ2) is 8.36. The molecule has 0 saturated carbocycles. The Hall–Kier alpha value is -1.77. The van der Waals surface area contributed by atoms with Gasteiger partial charge in [-0.25, -0.2) is 9.97 Å². The maximum atomic E-state index is 12.4. The van der Waals surface area contributed by atoms with Gasteiger partial charge in [-0.3, -0.25) is 9.69 Å². The highest BCUT2D eigenvalue weighted by Gasteiger charge is 2.20. The number of hydrogen-bond donors (Lipinski definition) is 1. The fourth-order valence-corrected chi connectivity index (χ4v) is 2.87. The Bertz CT molecular complexity index is 524. The second-order valence-electron chi connectivity index (χ2n) is 6.27. The molecule has 0 unspecified atom stereocenters. The lowest BCUT2D eigenvalue weighted by Crippen LogP contribution is -2.47. The SMILES string of the molecule is CN1CCN(C(=O)c2cnc(NCCN3CCOCC3)nc2)CC1. The Kier molecular flexibility index (Phi) is 5.95. The zero-order valence-corrected chi connectivity index (χ0v) is 14.3. The molecule has 0 atom stereocenters. The minimum atomic E-state index is 0.0166. The molecule has 1 aromatic rings. The molecule has 0 aromatic carbocycles. The third-order valence-corrected chi connectivity index (χ3v) is 4.50. The van der Waals surface area contributed by atoms with Crippen LogP contribution in [-0.2, 0) is 4.74 Å². The van der Waals surface area contributed by atoms with Crippen LogP contribution in [0.3, 0.4) is 0 Å². The van der Waals surface area contributed by atoms with Gasteiger partial charge < -0.3 is 19.9 Å². The number of rotatable bonds is 5. The fraction of sp³-hybridized carbons (Fsp3) is 0.688. The normalized spacial score (nSPS) is 20.1. The van der Waals surface area contributed by atoms with E-state index in [0.717, 1.165) is 65.6 Å². The molecule has 8 heteroatoms. The van der Waals surface area contributed by atoms with Gasteiger partial charge >= 0.3 is 0 Å². The lowest BCUT2D eigenvalue weighted by atomic mass is 10.2. The van der Waals surface area contributed by atoms with Crippen molar-refractivity contribution in [3.8, 4) is 0 Å². The van der Waals surface area contributed by atoms with E-state index in [4.69, 9.17) is 4.74 Å². The summed E-state index contributed by atoms with van der Waals surface area (Å²) in [5, 5.41) is 3.21. The Morgan fingerprint density at radius 3 is 2.46 bits per heavy atom. The van der Waals surface area contributed by atoms with Crippen molar-refractivity contribution in [2.75, 3.05) is 77.9 Å². The molecule has 2 aliphatic heterocycles. The van der Waals surface area contributed by atoms with E-state index in [2.05, 4.69) is 32.1 Å². The average Bonchev–Trinajstić information content (AvgIpc) is 2.63. The molecule has 1 amide bonds. The molecule has 132 valence electrons. The van der Waals surface area contributed by atoms with Crippen LogP contribution in [0.2, 0.25) is 0 Å². The van der Waals surface area contributed by atoms with Crippen LogP contribution in [0.1, 0.15) is 10.4 Å². The first-order valence-corrected chi connectivity index (χ1v) is 8.56. The number of anilines is 1. The van der Waals surface area contributed by atoms with Crippen molar-refractivity contribution in [3.05, 3.63) is 18.0 Å². The average molecular weight is 334 g/mol.